The third-order valence-corrected chi connectivity index (χ3v) is 5.77. The van der Waals surface area contributed by atoms with Crippen molar-refractivity contribution < 1.29 is 33.9 Å². The van der Waals surface area contributed by atoms with E-state index in [0.29, 0.717) is 19.3 Å². The number of carbonyl (C=O) groups is 6. The molecule has 2 rings (SSSR count). The van der Waals surface area contributed by atoms with Crippen molar-refractivity contribution in [1.82, 2.24) is 20.9 Å². The van der Waals surface area contributed by atoms with Crippen molar-refractivity contribution in [3.8, 4) is 0 Å². The van der Waals surface area contributed by atoms with Gasteiger partial charge in [-0.25, -0.2) is 4.79 Å². The van der Waals surface area contributed by atoms with Crippen LogP contribution in [0, 0.1) is 5.92 Å². The fourth-order valence-corrected chi connectivity index (χ4v) is 4.09. The number of hydrogen-bond acceptors (Lipinski definition) is 6. The van der Waals surface area contributed by atoms with Gasteiger partial charge in [0.2, 0.25) is 29.5 Å². The molecule has 6 N–H and O–H groups in total. The van der Waals surface area contributed by atoms with Crippen LogP contribution in [-0.4, -0.2) is 76.2 Å². The van der Waals surface area contributed by atoms with Crippen LogP contribution < -0.4 is 21.7 Å². The quantitative estimate of drug-likeness (QED) is 0.247. The molecule has 0 saturated carbocycles. The number of likely N-dealkylation sites (tertiary alicyclic amines) is 1. The second-order valence-corrected chi connectivity index (χ2v) is 8.94. The Morgan fingerprint density at radius 2 is 1.79 bits per heavy atom. The van der Waals surface area contributed by atoms with Crippen molar-refractivity contribution in [2.24, 2.45) is 11.7 Å². The van der Waals surface area contributed by atoms with Crippen LogP contribution in [-0.2, 0) is 28.8 Å². The average Bonchev–Trinajstić information content (AvgIpc) is 3.38. The minimum Gasteiger partial charge on any atom is -0.480 e. The zero-order valence-corrected chi connectivity index (χ0v) is 19.0. The molecule has 2 saturated heterocycles. The molecule has 2 aliphatic rings. The van der Waals surface area contributed by atoms with Crippen LogP contribution in [0.15, 0.2) is 0 Å². The highest BCUT2D eigenvalue weighted by molar-refractivity contribution is 5.96. The van der Waals surface area contributed by atoms with Crippen molar-refractivity contribution in [2.75, 3.05) is 6.54 Å². The number of carboxylic acid groups (broad SMARTS) is 1. The summed E-state index contributed by atoms with van der Waals surface area (Å²) in [5.41, 5.74) is 5.21. The Morgan fingerprint density at radius 1 is 1.12 bits per heavy atom. The summed E-state index contributed by atoms with van der Waals surface area (Å²) in [6, 6.07) is -3.84. The molecule has 0 spiro atoms. The first-order chi connectivity index (χ1) is 15.5. The highest BCUT2D eigenvalue weighted by Gasteiger charge is 2.39. The second-order valence-electron chi connectivity index (χ2n) is 8.94. The van der Waals surface area contributed by atoms with E-state index in [0.717, 1.165) is 0 Å². The van der Waals surface area contributed by atoms with Gasteiger partial charge in [0, 0.05) is 19.4 Å². The first kappa shape index (κ1) is 26.1. The highest BCUT2D eigenvalue weighted by atomic mass is 16.4. The molecule has 33 heavy (non-hydrogen) atoms. The van der Waals surface area contributed by atoms with Gasteiger partial charge in [0.15, 0.2) is 0 Å². The molecule has 2 heterocycles. The monoisotopic (exact) mass is 467 g/mol. The lowest BCUT2D eigenvalue weighted by Crippen LogP contribution is -2.57. The van der Waals surface area contributed by atoms with E-state index in [1.165, 1.54) is 4.90 Å². The lowest BCUT2D eigenvalue weighted by Gasteiger charge is -2.30. The number of nitrogens with two attached hydrogens (primary N) is 1. The number of carboxylic acids is 1. The van der Waals surface area contributed by atoms with Crippen molar-refractivity contribution in [1.29, 1.82) is 0 Å². The van der Waals surface area contributed by atoms with E-state index in [1.807, 2.05) is 13.8 Å². The minimum absolute atomic E-state index is 0.0391. The van der Waals surface area contributed by atoms with Crippen LogP contribution >= 0.6 is 0 Å². The van der Waals surface area contributed by atoms with Gasteiger partial charge in [-0.05, 0) is 38.0 Å². The maximum Gasteiger partial charge on any atom is 0.326 e. The van der Waals surface area contributed by atoms with Gasteiger partial charge in [-0.3, -0.25) is 24.0 Å². The van der Waals surface area contributed by atoms with E-state index in [4.69, 9.17) is 5.73 Å². The van der Waals surface area contributed by atoms with E-state index >= 15 is 0 Å². The number of amides is 5. The summed E-state index contributed by atoms with van der Waals surface area (Å²) >= 11 is 0. The summed E-state index contributed by atoms with van der Waals surface area (Å²) in [5, 5.41) is 17.0. The van der Waals surface area contributed by atoms with E-state index in [-0.39, 0.29) is 44.1 Å². The Morgan fingerprint density at radius 3 is 2.33 bits per heavy atom. The standard InChI is InChI=1S/C21H33N5O7/c1-11(2)10-14(21(32)33)25-19(30)15-4-3-9-26(15)20(31)13(5-7-16(22)27)24-18(29)12-6-8-17(28)23-12/h11-15H,3-10H2,1-2H3,(H2,22,27)(H,23,28)(H,24,29)(H,25,30)(H,32,33)/t12-,13-,14-,15-/m0/s1. The zero-order chi connectivity index (χ0) is 24.7. The van der Waals surface area contributed by atoms with Crippen molar-refractivity contribution in [3.63, 3.8) is 0 Å². The smallest absolute Gasteiger partial charge is 0.326 e. The highest BCUT2D eigenvalue weighted by Crippen LogP contribution is 2.21. The predicted molar refractivity (Wildman–Crippen MR) is 115 cm³/mol. The average molecular weight is 468 g/mol. The summed E-state index contributed by atoms with van der Waals surface area (Å²) in [4.78, 5) is 74.2. The van der Waals surface area contributed by atoms with E-state index in [1.54, 1.807) is 0 Å². The molecule has 0 radical (unpaired) electrons. The zero-order valence-electron chi connectivity index (χ0n) is 19.0. The third-order valence-electron chi connectivity index (χ3n) is 5.77. The number of nitrogens with zero attached hydrogens (tertiary/aromatic N) is 1. The summed E-state index contributed by atoms with van der Waals surface area (Å²) in [5.74, 6) is -3.70. The van der Waals surface area contributed by atoms with Gasteiger partial charge in [-0.2, -0.15) is 0 Å². The van der Waals surface area contributed by atoms with E-state index in [9.17, 15) is 33.9 Å². The molecule has 2 fully saturated rings. The number of aliphatic carboxylic acids is 1. The Hall–Kier alpha value is -3.18. The molecule has 2 aliphatic heterocycles. The molecule has 0 aromatic heterocycles. The van der Waals surface area contributed by atoms with Crippen molar-refractivity contribution >= 4 is 35.5 Å². The van der Waals surface area contributed by atoms with Gasteiger partial charge >= 0.3 is 5.97 Å². The lowest BCUT2D eigenvalue weighted by atomic mass is 10.0. The Kier molecular flexibility index (Phi) is 9.18. The molecule has 0 aliphatic carbocycles. The number of carbonyl (C=O) groups excluding carboxylic acids is 5. The van der Waals surface area contributed by atoms with Gasteiger partial charge in [-0.1, -0.05) is 13.8 Å². The van der Waals surface area contributed by atoms with Gasteiger partial charge in [0.25, 0.3) is 0 Å². The maximum absolute atomic E-state index is 13.3. The molecule has 5 amide bonds. The molecule has 0 aromatic carbocycles. The molecule has 0 bridgehead atoms. The molecular formula is C21H33N5O7. The molecule has 0 aromatic rings. The first-order valence-corrected chi connectivity index (χ1v) is 11.2. The van der Waals surface area contributed by atoms with Gasteiger partial charge in [0.05, 0.1) is 0 Å². The molecule has 4 atom stereocenters. The normalized spacial score (nSPS) is 21.9. The van der Waals surface area contributed by atoms with Gasteiger partial charge < -0.3 is 31.7 Å². The maximum atomic E-state index is 13.3. The van der Waals surface area contributed by atoms with Gasteiger partial charge in [0.1, 0.15) is 24.2 Å². The molecule has 12 heteroatoms. The van der Waals surface area contributed by atoms with E-state index in [2.05, 4.69) is 16.0 Å². The lowest BCUT2D eigenvalue weighted by molar-refractivity contribution is -0.145. The number of hydrogen-bond donors (Lipinski definition) is 5. The Balaban J connectivity index is 2.11. The summed E-state index contributed by atoms with van der Waals surface area (Å²) in [6.07, 6.45) is 1.40. The largest absolute Gasteiger partial charge is 0.480 e. The number of nitrogens with one attached hydrogen (secondary N) is 3. The fourth-order valence-electron chi connectivity index (χ4n) is 4.09. The van der Waals surface area contributed by atoms with E-state index < -0.39 is 53.8 Å². The van der Waals surface area contributed by atoms with Crippen LogP contribution in [0.25, 0.3) is 0 Å². The number of rotatable bonds is 11. The van der Waals surface area contributed by atoms with Crippen molar-refractivity contribution in [3.05, 3.63) is 0 Å². The third kappa shape index (κ3) is 7.43. The summed E-state index contributed by atoms with van der Waals surface area (Å²) in [6.45, 7) is 3.93. The Bertz CT molecular complexity index is 800. The summed E-state index contributed by atoms with van der Waals surface area (Å²) < 4.78 is 0. The van der Waals surface area contributed by atoms with Crippen LogP contribution in [0.5, 0.6) is 0 Å². The van der Waals surface area contributed by atoms with Gasteiger partial charge in [-0.15, -0.1) is 0 Å². The van der Waals surface area contributed by atoms with Crippen LogP contribution in [0.3, 0.4) is 0 Å². The van der Waals surface area contributed by atoms with Crippen LogP contribution in [0.4, 0.5) is 0 Å². The molecule has 12 nitrogen and oxygen atoms in total. The SMILES string of the molecule is CC(C)C[C@H](NC(=O)[C@@H]1CCCN1C(=O)[C@H](CCC(N)=O)NC(=O)[C@@H]1CCC(=O)N1)C(=O)O. The number of primary amides is 1. The van der Waals surface area contributed by atoms with Crippen molar-refractivity contribution in [2.45, 2.75) is 83.0 Å². The summed E-state index contributed by atoms with van der Waals surface area (Å²) in [7, 11) is 0. The minimum atomic E-state index is -1.15. The fraction of sp³-hybridized carbons (Fsp3) is 0.714. The topological polar surface area (TPSA) is 188 Å². The molecular weight excluding hydrogens is 434 g/mol. The van der Waals surface area contributed by atoms with Crippen LogP contribution in [0.1, 0.15) is 58.8 Å². The second kappa shape index (κ2) is 11.6. The first-order valence-electron chi connectivity index (χ1n) is 11.2. The molecule has 184 valence electrons. The predicted octanol–water partition coefficient (Wildman–Crippen LogP) is -1.38. The Labute approximate surface area is 192 Å². The molecule has 0 unspecified atom stereocenters. The van der Waals surface area contributed by atoms with Crippen LogP contribution in [0.2, 0.25) is 0 Å².